The molecule has 0 unspecified atom stereocenters. The Bertz CT molecular complexity index is 761. The molecule has 3 aromatic rings. The predicted octanol–water partition coefficient (Wildman–Crippen LogP) is 1.13. The second kappa shape index (κ2) is 4.69. The summed E-state index contributed by atoms with van der Waals surface area (Å²) in [5.74, 6) is 2.58. The number of rotatable bonds is 3. The quantitative estimate of drug-likeness (QED) is 0.776. The van der Waals surface area contributed by atoms with Gasteiger partial charge in [-0.1, -0.05) is 6.07 Å². The van der Waals surface area contributed by atoms with Gasteiger partial charge in [-0.15, -0.1) is 0 Å². The minimum Gasteiger partial charge on any atom is -0.364 e. The molecule has 7 heteroatoms. The Labute approximate surface area is 121 Å². The Hall–Kier alpha value is -2.70. The smallest absolute Gasteiger partial charge is 0.254 e. The summed E-state index contributed by atoms with van der Waals surface area (Å²) in [7, 11) is 0. The van der Waals surface area contributed by atoms with Crippen LogP contribution in [0.4, 0.5) is 11.6 Å². The molecule has 0 saturated carbocycles. The largest absolute Gasteiger partial charge is 0.364 e. The number of hydrogen-bond acceptors (Lipinski definition) is 6. The first-order chi connectivity index (χ1) is 10.3. The van der Waals surface area contributed by atoms with Crippen molar-refractivity contribution in [2.45, 2.75) is 13.0 Å². The summed E-state index contributed by atoms with van der Waals surface area (Å²) >= 11 is 0. The topological polar surface area (TPSA) is 71.2 Å². The van der Waals surface area contributed by atoms with E-state index >= 15 is 0 Å². The van der Waals surface area contributed by atoms with E-state index in [-0.39, 0.29) is 0 Å². The Balaban J connectivity index is 1.49. The number of aryl methyl sites for hydroxylation is 1. The fourth-order valence-electron chi connectivity index (χ4n) is 2.54. The lowest BCUT2D eigenvalue weighted by atomic mass is 10.1. The second-order valence-corrected chi connectivity index (χ2v) is 5.19. The maximum absolute atomic E-state index is 4.36. The van der Waals surface area contributed by atoms with Gasteiger partial charge in [-0.2, -0.15) is 14.6 Å². The van der Waals surface area contributed by atoms with E-state index in [1.807, 2.05) is 37.4 Å². The minimum atomic E-state index is 0.376. The molecule has 1 aliphatic heterocycles. The molecular formula is C14H15N7. The van der Waals surface area contributed by atoms with Crippen molar-refractivity contribution in [3.8, 4) is 0 Å². The molecular weight excluding hydrogens is 266 g/mol. The number of nitrogens with zero attached hydrogens (tertiary/aromatic N) is 6. The van der Waals surface area contributed by atoms with Gasteiger partial charge in [0.2, 0.25) is 0 Å². The van der Waals surface area contributed by atoms with Crippen LogP contribution in [0.3, 0.4) is 0 Å². The maximum Gasteiger partial charge on any atom is 0.254 e. The van der Waals surface area contributed by atoms with E-state index in [0.717, 1.165) is 30.4 Å². The summed E-state index contributed by atoms with van der Waals surface area (Å²) in [5.41, 5.74) is 0.930. The number of anilines is 2. The number of hydrogen-bond donors (Lipinski definition) is 1. The number of pyridine rings is 1. The molecule has 4 rings (SSSR count). The van der Waals surface area contributed by atoms with Gasteiger partial charge in [-0.05, 0) is 19.1 Å². The summed E-state index contributed by atoms with van der Waals surface area (Å²) in [5, 5.41) is 7.70. The fourth-order valence-corrected chi connectivity index (χ4v) is 2.54. The number of aromatic nitrogens is 5. The maximum atomic E-state index is 4.36. The Morgan fingerprint density at radius 2 is 2.14 bits per heavy atom. The zero-order valence-corrected chi connectivity index (χ0v) is 11.6. The first kappa shape index (κ1) is 12.1. The molecule has 1 aliphatic rings. The van der Waals surface area contributed by atoms with Crippen LogP contribution >= 0.6 is 0 Å². The van der Waals surface area contributed by atoms with Gasteiger partial charge < -0.3 is 10.2 Å². The van der Waals surface area contributed by atoms with Crippen LogP contribution < -0.4 is 10.2 Å². The Morgan fingerprint density at radius 3 is 2.95 bits per heavy atom. The molecule has 4 heterocycles. The Kier molecular flexibility index (Phi) is 2.70. The van der Waals surface area contributed by atoms with Crippen molar-refractivity contribution < 1.29 is 0 Å². The van der Waals surface area contributed by atoms with Gasteiger partial charge in [0, 0.05) is 31.0 Å². The third-order valence-electron chi connectivity index (χ3n) is 3.59. The first-order valence-corrected chi connectivity index (χ1v) is 6.89. The molecule has 0 radical (unpaired) electrons. The number of nitrogens with one attached hydrogen (secondary N) is 1. The van der Waals surface area contributed by atoms with Gasteiger partial charge in [-0.25, -0.2) is 9.97 Å². The van der Waals surface area contributed by atoms with Gasteiger partial charge >= 0.3 is 0 Å². The summed E-state index contributed by atoms with van der Waals surface area (Å²) < 4.78 is 1.73. The van der Waals surface area contributed by atoms with Crippen molar-refractivity contribution in [2.75, 3.05) is 23.3 Å². The van der Waals surface area contributed by atoms with E-state index in [4.69, 9.17) is 0 Å². The van der Waals surface area contributed by atoms with Crippen molar-refractivity contribution in [1.29, 1.82) is 0 Å². The van der Waals surface area contributed by atoms with Crippen molar-refractivity contribution in [1.82, 2.24) is 24.6 Å². The van der Waals surface area contributed by atoms with E-state index < -0.39 is 0 Å². The summed E-state index contributed by atoms with van der Waals surface area (Å²) in [6.45, 7) is 3.81. The van der Waals surface area contributed by atoms with Crippen LogP contribution in [0.2, 0.25) is 0 Å². The van der Waals surface area contributed by atoms with E-state index in [0.29, 0.717) is 11.8 Å². The molecule has 1 N–H and O–H groups in total. The molecule has 0 amide bonds. The molecule has 7 nitrogen and oxygen atoms in total. The van der Waals surface area contributed by atoms with Crippen LogP contribution in [0.5, 0.6) is 0 Å². The summed E-state index contributed by atoms with van der Waals surface area (Å²) in [6.07, 6.45) is 3.34. The lowest BCUT2D eigenvalue weighted by Crippen LogP contribution is -2.55. The van der Waals surface area contributed by atoms with Crippen LogP contribution in [-0.4, -0.2) is 43.7 Å². The molecule has 21 heavy (non-hydrogen) atoms. The second-order valence-electron chi connectivity index (χ2n) is 5.19. The van der Waals surface area contributed by atoms with Crippen LogP contribution in [0.1, 0.15) is 5.69 Å². The van der Waals surface area contributed by atoms with Crippen LogP contribution in [0.15, 0.2) is 36.8 Å². The van der Waals surface area contributed by atoms with E-state index in [9.17, 15) is 0 Å². The third-order valence-corrected chi connectivity index (χ3v) is 3.59. The van der Waals surface area contributed by atoms with Crippen molar-refractivity contribution >= 4 is 17.4 Å². The highest BCUT2D eigenvalue weighted by Gasteiger charge is 2.28. The van der Waals surface area contributed by atoms with Crippen LogP contribution in [-0.2, 0) is 0 Å². The fraction of sp³-hybridized carbons (Fsp3) is 0.286. The molecule has 3 aromatic heterocycles. The summed E-state index contributed by atoms with van der Waals surface area (Å²) in [4.78, 5) is 15.1. The molecule has 106 valence electrons. The van der Waals surface area contributed by atoms with E-state index in [2.05, 4.69) is 30.3 Å². The molecule has 0 bridgehead atoms. The zero-order chi connectivity index (χ0) is 14.2. The van der Waals surface area contributed by atoms with Gasteiger partial charge in [-0.3, -0.25) is 0 Å². The standard InChI is InChI=1S/C14H15N7/c1-10-6-13(21-14(18-10)16-9-17-21)19-11-7-20(8-11)12-4-2-3-5-15-12/h2-6,9,11,19H,7-8H2,1H3. The van der Waals surface area contributed by atoms with Crippen molar-refractivity contribution in [3.05, 3.63) is 42.5 Å². The molecule has 0 spiro atoms. The molecule has 1 fully saturated rings. The normalized spacial score (nSPS) is 15.2. The minimum absolute atomic E-state index is 0.376. The van der Waals surface area contributed by atoms with Gasteiger partial charge in [0.25, 0.3) is 5.78 Å². The zero-order valence-electron chi connectivity index (χ0n) is 11.6. The molecule has 1 saturated heterocycles. The molecule has 0 aliphatic carbocycles. The van der Waals surface area contributed by atoms with E-state index in [1.165, 1.54) is 6.33 Å². The van der Waals surface area contributed by atoms with Crippen LogP contribution in [0, 0.1) is 6.92 Å². The SMILES string of the molecule is Cc1cc(NC2CN(c3ccccn3)C2)n2ncnc2n1. The van der Waals surface area contributed by atoms with Gasteiger partial charge in [0.1, 0.15) is 18.0 Å². The molecule has 0 aromatic carbocycles. The lowest BCUT2D eigenvalue weighted by molar-refractivity contribution is 0.541. The molecule has 0 atom stereocenters. The predicted molar refractivity (Wildman–Crippen MR) is 79.4 cm³/mol. The van der Waals surface area contributed by atoms with Crippen molar-refractivity contribution in [2.24, 2.45) is 0 Å². The average molecular weight is 281 g/mol. The van der Waals surface area contributed by atoms with E-state index in [1.54, 1.807) is 4.52 Å². The monoisotopic (exact) mass is 281 g/mol. The lowest BCUT2D eigenvalue weighted by Gasteiger charge is -2.40. The van der Waals surface area contributed by atoms with Crippen molar-refractivity contribution in [3.63, 3.8) is 0 Å². The highest BCUT2D eigenvalue weighted by atomic mass is 15.4. The highest BCUT2D eigenvalue weighted by molar-refractivity contribution is 5.49. The van der Waals surface area contributed by atoms with Gasteiger partial charge in [0.05, 0.1) is 6.04 Å². The Morgan fingerprint density at radius 1 is 1.24 bits per heavy atom. The third kappa shape index (κ3) is 2.16. The van der Waals surface area contributed by atoms with Crippen LogP contribution in [0.25, 0.3) is 5.78 Å². The number of fused-ring (bicyclic) bond motifs is 1. The highest BCUT2D eigenvalue weighted by Crippen LogP contribution is 2.21. The van der Waals surface area contributed by atoms with Gasteiger partial charge in [0.15, 0.2) is 0 Å². The first-order valence-electron chi connectivity index (χ1n) is 6.89. The summed E-state index contributed by atoms with van der Waals surface area (Å²) in [6, 6.07) is 8.34. The average Bonchev–Trinajstić information content (AvgIpc) is 2.91.